The second-order valence-corrected chi connectivity index (χ2v) is 1.62. The third kappa shape index (κ3) is 6.57. The van der Waals surface area contributed by atoms with Crippen molar-refractivity contribution in [2.75, 3.05) is 0 Å². The van der Waals surface area contributed by atoms with Crippen LogP contribution in [0.25, 0.3) is 0 Å². The second kappa shape index (κ2) is 7.56. The van der Waals surface area contributed by atoms with E-state index in [2.05, 4.69) is 0 Å². The Morgan fingerprint density at radius 3 is 1.40 bits per heavy atom. The van der Waals surface area contributed by atoms with Gasteiger partial charge in [-0.3, -0.25) is 9.59 Å². The molecular formula is C5H10LaO4. The second-order valence-electron chi connectivity index (χ2n) is 1.62. The summed E-state index contributed by atoms with van der Waals surface area (Å²) in [7, 11) is 0. The molecule has 0 amide bonds. The van der Waals surface area contributed by atoms with Crippen LogP contribution in [0.5, 0.6) is 0 Å². The molecule has 0 aliphatic rings. The van der Waals surface area contributed by atoms with E-state index < -0.39 is 17.7 Å². The van der Waals surface area contributed by atoms with Crippen LogP contribution >= 0.6 is 0 Å². The van der Waals surface area contributed by atoms with Crippen LogP contribution in [0.4, 0.5) is 0 Å². The van der Waals surface area contributed by atoms with Gasteiger partial charge in [-0.15, -0.1) is 0 Å². The van der Waals surface area contributed by atoms with Crippen LogP contribution in [0.2, 0.25) is 0 Å². The molecular weight excluding hydrogens is 263 g/mol. The van der Waals surface area contributed by atoms with Crippen molar-refractivity contribution in [1.82, 2.24) is 0 Å². The zero-order chi connectivity index (χ0) is 6.73. The average molecular weight is 273 g/mol. The number of hydrogen-bond acceptors (Lipinski definition) is 3. The van der Waals surface area contributed by atoms with Crippen LogP contribution in [0.3, 0.4) is 0 Å². The molecule has 0 aromatic heterocycles. The van der Waals surface area contributed by atoms with Crippen molar-refractivity contribution >= 4 is 11.6 Å². The quantitative estimate of drug-likeness (QED) is 0.634. The van der Waals surface area contributed by atoms with Gasteiger partial charge in [0.15, 0.2) is 17.7 Å². The van der Waals surface area contributed by atoms with Gasteiger partial charge in [0, 0.05) is 35.6 Å². The maximum atomic E-state index is 10.1. The molecule has 4 nitrogen and oxygen atoms in total. The average Bonchev–Trinajstić information content (AvgIpc) is 1.64. The number of hydrogen-bond donors (Lipinski definition) is 1. The molecule has 0 atom stereocenters. The molecule has 1 radical (unpaired) electrons. The maximum Gasteiger partial charge on any atom is 0.170 e. The first-order valence-electron chi connectivity index (χ1n) is 2.24. The molecule has 0 aromatic rings. The number of aliphatic hydroxyl groups excluding tert-OH is 1. The zero-order valence-electron chi connectivity index (χ0n) is 5.92. The molecule has 0 bridgehead atoms. The molecule has 0 rings (SSSR count). The summed E-state index contributed by atoms with van der Waals surface area (Å²) in [5.74, 6) is -1.00. The normalized spacial score (nSPS) is 7.60. The predicted octanol–water partition coefficient (Wildman–Crippen LogP) is -1.30. The van der Waals surface area contributed by atoms with Crippen molar-refractivity contribution in [1.29, 1.82) is 0 Å². The van der Waals surface area contributed by atoms with E-state index in [9.17, 15) is 9.59 Å². The van der Waals surface area contributed by atoms with Crippen LogP contribution in [0, 0.1) is 35.6 Å². The smallest absolute Gasteiger partial charge is 0.170 e. The number of Topliss-reactive ketones (excluding diaryl/α,β-unsaturated/α-hetero) is 2. The van der Waals surface area contributed by atoms with Gasteiger partial charge in [-0.2, -0.15) is 0 Å². The predicted molar refractivity (Wildman–Crippen MR) is 31.0 cm³/mol. The van der Waals surface area contributed by atoms with Crippen molar-refractivity contribution in [2.45, 2.75) is 20.0 Å². The first-order valence-corrected chi connectivity index (χ1v) is 2.24. The molecule has 10 heavy (non-hydrogen) atoms. The van der Waals surface area contributed by atoms with Gasteiger partial charge in [0.25, 0.3) is 0 Å². The van der Waals surface area contributed by atoms with Gasteiger partial charge in [0.2, 0.25) is 0 Å². The number of carbonyl (C=O) groups is 2. The Bertz CT molecular complexity index is 109. The molecule has 0 fully saturated rings. The van der Waals surface area contributed by atoms with Gasteiger partial charge < -0.3 is 10.6 Å². The van der Waals surface area contributed by atoms with E-state index in [1.807, 2.05) is 0 Å². The Labute approximate surface area is 86.9 Å². The summed E-state index contributed by atoms with van der Waals surface area (Å²) in [5, 5.41) is 8.50. The van der Waals surface area contributed by atoms with Crippen molar-refractivity contribution in [2.24, 2.45) is 0 Å². The number of rotatable bonds is 2. The summed E-state index contributed by atoms with van der Waals surface area (Å²) >= 11 is 0. The fourth-order valence-corrected chi connectivity index (χ4v) is 0.286. The molecule has 5 heteroatoms. The standard InChI is InChI=1S/C5H8O3.La.H2O/c1-3(6)5(8)4(2)7;;/h5,8H,1-2H3;;1H2. The molecule has 0 unspecified atom stereocenters. The van der Waals surface area contributed by atoms with Gasteiger partial charge in [-0.05, 0) is 13.8 Å². The van der Waals surface area contributed by atoms with Crippen molar-refractivity contribution in [3.8, 4) is 0 Å². The van der Waals surface area contributed by atoms with Gasteiger partial charge in [0.1, 0.15) is 0 Å². The fraction of sp³-hybridized carbons (Fsp3) is 0.600. The Morgan fingerprint density at radius 1 is 1.20 bits per heavy atom. The van der Waals surface area contributed by atoms with Gasteiger partial charge in [-0.1, -0.05) is 0 Å². The summed E-state index contributed by atoms with van der Waals surface area (Å²) in [6.45, 7) is 2.35. The third-order valence-electron chi connectivity index (χ3n) is 0.770. The Kier molecular flexibility index (Phi) is 12.7. The van der Waals surface area contributed by atoms with Crippen LogP contribution in [-0.4, -0.2) is 28.3 Å². The van der Waals surface area contributed by atoms with Crippen molar-refractivity contribution in [3.05, 3.63) is 0 Å². The number of carbonyl (C=O) groups excluding carboxylic acids is 2. The van der Waals surface area contributed by atoms with Crippen molar-refractivity contribution < 1.29 is 55.8 Å². The number of aliphatic hydroxyl groups is 1. The van der Waals surface area contributed by atoms with E-state index in [-0.39, 0.29) is 41.1 Å². The van der Waals surface area contributed by atoms with E-state index in [0.717, 1.165) is 0 Å². The first-order chi connectivity index (χ1) is 3.55. The molecule has 3 N–H and O–H groups in total. The molecule has 0 saturated carbocycles. The minimum absolute atomic E-state index is 0. The van der Waals surface area contributed by atoms with Crippen LogP contribution < -0.4 is 0 Å². The van der Waals surface area contributed by atoms with E-state index in [1.165, 1.54) is 13.8 Å². The molecule has 0 aromatic carbocycles. The first kappa shape index (κ1) is 16.8. The third-order valence-corrected chi connectivity index (χ3v) is 0.770. The SMILES string of the molecule is CC(=O)C(O)C(C)=O.O.[La]. The minimum atomic E-state index is -1.41. The summed E-state index contributed by atoms with van der Waals surface area (Å²) < 4.78 is 0. The Balaban J connectivity index is -0.000000245. The van der Waals surface area contributed by atoms with E-state index in [0.29, 0.717) is 0 Å². The summed E-state index contributed by atoms with van der Waals surface area (Å²) in [6, 6.07) is 0. The molecule has 0 aliphatic carbocycles. The molecule has 0 aliphatic heterocycles. The Hall–Kier alpha value is 0.455. The monoisotopic (exact) mass is 273 g/mol. The van der Waals surface area contributed by atoms with Gasteiger partial charge >= 0.3 is 0 Å². The largest absolute Gasteiger partial charge is 0.412 e. The zero-order valence-corrected chi connectivity index (χ0v) is 9.54. The summed E-state index contributed by atoms with van der Waals surface area (Å²) in [4.78, 5) is 20.2. The summed E-state index contributed by atoms with van der Waals surface area (Å²) in [5.41, 5.74) is 0. The van der Waals surface area contributed by atoms with Crippen LogP contribution in [-0.2, 0) is 9.59 Å². The molecule has 57 valence electrons. The molecule has 0 saturated heterocycles. The van der Waals surface area contributed by atoms with E-state index >= 15 is 0 Å². The molecule has 0 spiro atoms. The maximum absolute atomic E-state index is 10.1. The molecule has 0 heterocycles. The van der Waals surface area contributed by atoms with E-state index in [1.54, 1.807) is 0 Å². The van der Waals surface area contributed by atoms with Gasteiger partial charge in [-0.25, -0.2) is 0 Å². The topological polar surface area (TPSA) is 85.9 Å². The van der Waals surface area contributed by atoms with Crippen molar-refractivity contribution in [3.63, 3.8) is 0 Å². The minimum Gasteiger partial charge on any atom is -0.412 e. The van der Waals surface area contributed by atoms with Crippen LogP contribution in [0.1, 0.15) is 13.8 Å². The fourth-order valence-electron chi connectivity index (χ4n) is 0.286. The van der Waals surface area contributed by atoms with Crippen LogP contribution in [0.15, 0.2) is 0 Å². The summed E-state index contributed by atoms with van der Waals surface area (Å²) in [6.07, 6.45) is -1.41. The Morgan fingerprint density at radius 2 is 1.40 bits per heavy atom. The number of ketones is 2. The van der Waals surface area contributed by atoms with E-state index in [4.69, 9.17) is 5.11 Å². The van der Waals surface area contributed by atoms with Gasteiger partial charge in [0.05, 0.1) is 0 Å².